The molecule has 7 heteroatoms. The van der Waals surface area contributed by atoms with Crippen LogP contribution in [0.15, 0.2) is 24.3 Å². The van der Waals surface area contributed by atoms with E-state index in [1.54, 1.807) is 0 Å². The predicted octanol–water partition coefficient (Wildman–Crippen LogP) is 6.75. The zero-order valence-corrected chi connectivity index (χ0v) is 18.6. The van der Waals surface area contributed by atoms with E-state index in [0.717, 1.165) is 5.56 Å². The number of hydrogen-bond acceptors (Lipinski definition) is 0. The molecule has 0 aliphatic heterocycles. The number of rotatable bonds is 2. The molecule has 0 bridgehead atoms. The van der Waals surface area contributed by atoms with Crippen LogP contribution < -0.4 is 0 Å². The minimum absolute atomic E-state index is 0.529. The van der Waals surface area contributed by atoms with Crippen molar-refractivity contribution >= 4 is 112 Å². The average Bonchev–Trinajstić information content (AvgIpc) is 2.17. The lowest BCUT2D eigenvalue weighted by Gasteiger charge is -2.40. The summed E-state index contributed by atoms with van der Waals surface area (Å²) in [6, 6.07) is 10.7. The van der Waals surface area contributed by atoms with Crippen molar-refractivity contribution in [1.82, 2.24) is 0 Å². The standard InChI is InChI=1S/C9H4Br7/c10-7(11,6-4-2-1-3-5-6)8(12,13)9(14,15)16/h2-5H. The number of benzene rings is 1. The Hall–Kier alpha value is 2.58. The summed E-state index contributed by atoms with van der Waals surface area (Å²) in [5.41, 5.74) is 1.04. The first-order valence-corrected chi connectivity index (χ1v) is 9.45. The molecule has 0 aromatic heterocycles. The van der Waals surface area contributed by atoms with Gasteiger partial charge in [0.1, 0.15) is 6.47 Å². The summed E-state index contributed by atoms with van der Waals surface area (Å²) < 4.78 is -1.65. The second-order valence-corrected chi connectivity index (χ2v) is 16.6. The Morgan fingerprint density at radius 1 is 0.812 bits per heavy atom. The molecule has 0 N–H and O–H groups in total. The van der Waals surface area contributed by atoms with Crippen molar-refractivity contribution in [2.75, 3.05) is 0 Å². The predicted molar refractivity (Wildman–Crippen MR) is 94.9 cm³/mol. The lowest BCUT2D eigenvalue weighted by atomic mass is 10.1. The van der Waals surface area contributed by atoms with Crippen molar-refractivity contribution in [3.05, 3.63) is 35.9 Å². The lowest BCUT2D eigenvalue weighted by molar-refractivity contribution is 0.837. The van der Waals surface area contributed by atoms with Gasteiger partial charge in [0.05, 0.1) is 0 Å². The molecule has 0 aliphatic carbocycles. The fourth-order valence-corrected chi connectivity index (χ4v) is 5.03. The smallest absolute Gasteiger partial charge is 0.0663 e. The zero-order chi connectivity index (χ0) is 12.6. The van der Waals surface area contributed by atoms with Gasteiger partial charge in [0.2, 0.25) is 0 Å². The van der Waals surface area contributed by atoms with Crippen LogP contribution in [0.4, 0.5) is 0 Å². The van der Waals surface area contributed by atoms with E-state index in [4.69, 9.17) is 0 Å². The Bertz CT molecular complexity index is 352. The highest BCUT2D eigenvalue weighted by atomic mass is 80.0. The highest BCUT2D eigenvalue weighted by Gasteiger charge is 2.57. The maximum absolute atomic E-state index is 3.67. The molecule has 16 heavy (non-hydrogen) atoms. The fraction of sp³-hybridized carbons (Fsp3) is 0.333. The second kappa shape index (κ2) is 5.92. The van der Waals surface area contributed by atoms with E-state index >= 15 is 0 Å². The molecule has 0 aliphatic rings. The molecule has 0 amide bonds. The molecular weight excluding hydrogens is 667 g/mol. The van der Waals surface area contributed by atoms with Gasteiger partial charge in [0.15, 0.2) is 2.14 Å². The molecule has 89 valence electrons. The van der Waals surface area contributed by atoms with Crippen LogP contribution in [-0.4, -0.2) is 5.38 Å². The maximum Gasteiger partial charge on any atom is 0.162 e. The Kier molecular flexibility index (Phi) is 6.15. The van der Waals surface area contributed by atoms with E-state index in [1.807, 2.05) is 24.3 Å². The third kappa shape index (κ3) is 3.37. The van der Waals surface area contributed by atoms with E-state index in [-0.39, 0.29) is 0 Å². The third-order valence-electron chi connectivity index (χ3n) is 1.83. The Morgan fingerprint density at radius 2 is 1.25 bits per heavy atom. The first kappa shape index (κ1) is 16.6. The van der Waals surface area contributed by atoms with E-state index < -0.39 is 8.61 Å². The molecule has 0 nitrogen and oxygen atoms in total. The van der Waals surface area contributed by atoms with Crippen LogP contribution in [0.25, 0.3) is 0 Å². The summed E-state index contributed by atoms with van der Waals surface area (Å²) >= 11 is 25.1. The minimum atomic E-state index is -0.568. The van der Waals surface area contributed by atoms with Crippen molar-refractivity contribution in [2.45, 2.75) is 8.61 Å². The summed E-state index contributed by atoms with van der Waals surface area (Å²) in [6.07, 6.45) is 0. The van der Waals surface area contributed by atoms with Crippen LogP contribution in [0, 0.1) is 6.07 Å². The molecular formula is C9H4Br7. The molecule has 0 saturated heterocycles. The van der Waals surface area contributed by atoms with Crippen LogP contribution in [0.2, 0.25) is 0 Å². The van der Waals surface area contributed by atoms with Crippen LogP contribution >= 0.6 is 112 Å². The molecule has 0 unspecified atom stereocenters. The van der Waals surface area contributed by atoms with Gasteiger partial charge in [-0.15, -0.1) is 0 Å². The van der Waals surface area contributed by atoms with Crippen LogP contribution in [0.5, 0.6) is 0 Å². The van der Waals surface area contributed by atoms with Crippen LogP contribution in [-0.2, 0) is 3.23 Å². The average molecular weight is 671 g/mol. The van der Waals surface area contributed by atoms with Gasteiger partial charge in [-0.25, -0.2) is 0 Å². The topological polar surface area (TPSA) is 0 Å². The van der Waals surface area contributed by atoms with Gasteiger partial charge in [-0.2, -0.15) is 0 Å². The highest BCUT2D eigenvalue weighted by molar-refractivity contribution is 9.42. The van der Waals surface area contributed by atoms with Crippen LogP contribution in [0.1, 0.15) is 5.56 Å². The number of hydrogen-bond donors (Lipinski definition) is 0. The third-order valence-corrected chi connectivity index (χ3v) is 13.4. The van der Waals surface area contributed by atoms with Gasteiger partial charge >= 0.3 is 0 Å². The van der Waals surface area contributed by atoms with Crippen molar-refractivity contribution in [1.29, 1.82) is 0 Å². The molecule has 0 atom stereocenters. The van der Waals surface area contributed by atoms with Gasteiger partial charge in [0.25, 0.3) is 0 Å². The molecule has 1 aromatic carbocycles. The van der Waals surface area contributed by atoms with E-state index in [1.165, 1.54) is 0 Å². The first-order valence-electron chi connectivity index (χ1n) is 3.89. The first-order chi connectivity index (χ1) is 7.11. The fourth-order valence-electron chi connectivity index (χ4n) is 0.956. The van der Waals surface area contributed by atoms with Gasteiger partial charge in [0, 0.05) is 0 Å². The normalized spacial score (nSPS) is 13.9. The van der Waals surface area contributed by atoms with Gasteiger partial charge in [-0.3, -0.25) is 0 Å². The Balaban J connectivity index is 3.22. The molecule has 1 radical (unpaired) electrons. The van der Waals surface area contributed by atoms with Crippen LogP contribution in [0.3, 0.4) is 0 Å². The summed E-state index contributed by atoms with van der Waals surface area (Å²) in [5.74, 6) is 0. The van der Waals surface area contributed by atoms with Crippen molar-refractivity contribution in [2.24, 2.45) is 0 Å². The zero-order valence-electron chi connectivity index (χ0n) is 7.46. The number of halogens is 7. The lowest BCUT2D eigenvalue weighted by Crippen LogP contribution is -2.42. The monoisotopic (exact) mass is 664 g/mol. The molecule has 1 rings (SSSR count). The van der Waals surface area contributed by atoms with Crippen molar-refractivity contribution in [3.63, 3.8) is 0 Å². The summed E-state index contributed by atoms with van der Waals surface area (Å²) in [4.78, 5) is 0. The second-order valence-electron chi connectivity index (χ2n) is 2.94. The number of alkyl halides is 7. The van der Waals surface area contributed by atoms with E-state index in [2.05, 4.69) is 118 Å². The largest absolute Gasteiger partial charge is 0.162 e. The SMILES string of the molecule is BrC(Br)(Br)C(Br)(Br)C(Br)(Br)c1cc[c]cc1. The molecule has 1 aromatic rings. The molecule has 0 heterocycles. The summed E-state index contributed by atoms with van der Waals surface area (Å²) in [7, 11) is 0. The van der Waals surface area contributed by atoms with Gasteiger partial charge < -0.3 is 0 Å². The molecule has 0 fully saturated rings. The Morgan fingerprint density at radius 3 is 1.62 bits per heavy atom. The Labute approximate surface area is 154 Å². The van der Waals surface area contributed by atoms with E-state index in [0.29, 0.717) is 0 Å². The molecule has 0 saturated carbocycles. The van der Waals surface area contributed by atoms with Crippen molar-refractivity contribution in [3.8, 4) is 0 Å². The molecule has 0 spiro atoms. The highest BCUT2D eigenvalue weighted by Crippen LogP contribution is 2.66. The van der Waals surface area contributed by atoms with Crippen molar-refractivity contribution < 1.29 is 0 Å². The van der Waals surface area contributed by atoms with Gasteiger partial charge in [-0.05, 0) is 11.6 Å². The quantitative estimate of drug-likeness (QED) is 0.306. The summed E-state index contributed by atoms with van der Waals surface area (Å²) in [5, 5.41) is 0. The van der Waals surface area contributed by atoms with E-state index in [9.17, 15) is 0 Å². The maximum atomic E-state index is 3.67. The summed E-state index contributed by atoms with van der Waals surface area (Å²) in [6.45, 7) is 0. The minimum Gasteiger partial charge on any atom is -0.0663 e. The van der Waals surface area contributed by atoms with Gasteiger partial charge in [-0.1, -0.05) is 136 Å².